The summed E-state index contributed by atoms with van der Waals surface area (Å²) in [5.74, 6) is -0.275. The minimum Gasteiger partial charge on any atom is -0.351 e. The number of benzene rings is 2. The molecule has 0 unspecified atom stereocenters. The molecule has 0 bridgehead atoms. The first-order valence-corrected chi connectivity index (χ1v) is 10.5. The van der Waals surface area contributed by atoms with Crippen LogP contribution < -0.4 is 10.0 Å². The van der Waals surface area contributed by atoms with Crippen LogP contribution in [0.2, 0.25) is 0 Å². The molecule has 1 amide bonds. The van der Waals surface area contributed by atoms with Crippen LogP contribution in [0.25, 0.3) is 10.9 Å². The summed E-state index contributed by atoms with van der Waals surface area (Å²) in [4.78, 5) is 17.2. The summed E-state index contributed by atoms with van der Waals surface area (Å²) >= 11 is 0. The van der Waals surface area contributed by atoms with Crippen molar-refractivity contribution in [2.75, 3.05) is 13.1 Å². The number of carbonyl (C=O) groups is 1. The molecule has 28 heavy (non-hydrogen) atoms. The Labute approximate surface area is 165 Å². The smallest absolute Gasteiger partial charge is 0.253 e. The van der Waals surface area contributed by atoms with Crippen molar-refractivity contribution >= 4 is 26.8 Å². The third kappa shape index (κ3) is 4.55. The van der Waals surface area contributed by atoms with Gasteiger partial charge in [0.1, 0.15) is 0 Å². The highest BCUT2D eigenvalue weighted by molar-refractivity contribution is 7.89. The lowest BCUT2D eigenvalue weighted by molar-refractivity contribution is 0.0953. The molecular formula is C21H23N3O3S. The van der Waals surface area contributed by atoms with Crippen molar-refractivity contribution in [3.8, 4) is 0 Å². The fraction of sp³-hybridized carbons (Fsp3) is 0.238. The maximum Gasteiger partial charge on any atom is 0.253 e. The van der Waals surface area contributed by atoms with Crippen molar-refractivity contribution in [3.63, 3.8) is 0 Å². The first-order valence-electron chi connectivity index (χ1n) is 8.99. The van der Waals surface area contributed by atoms with Gasteiger partial charge in [-0.1, -0.05) is 29.3 Å². The summed E-state index contributed by atoms with van der Waals surface area (Å²) in [6.07, 6.45) is 0. The molecule has 1 aromatic heterocycles. The number of hydrogen-bond acceptors (Lipinski definition) is 4. The minimum absolute atomic E-state index is 0.0983. The molecule has 3 aromatic rings. The van der Waals surface area contributed by atoms with Crippen LogP contribution in [0.1, 0.15) is 27.2 Å². The fourth-order valence-corrected chi connectivity index (χ4v) is 3.91. The van der Waals surface area contributed by atoms with Gasteiger partial charge in [0.2, 0.25) is 10.0 Å². The predicted octanol–water partition coefficient (Wildman–Crippen LogP) is 2.87. The third-order valence-electron chi connectivity index (χ3n) is 4.44. The quantitative estimate of drug-likeness (QED) is 0.626. The molecule has 7 heteroatoms. The summed E-state index contributed by atoms with van der Waals surface area (Å²) in [6, 6.07) is 14.3. The van der Waals surface area contributed by atoms with E-state index in [-0.39, 0.29) is 23.9 Å². The SMILES string of the molecule is Cc1ccc(S(=O)(=O)NCCNC(=O)c2cc3cc(C)ccc3nc2C)cc1. The van der Waals surface area contributed by atoms with Gasteiger partial charge in [0.25, 0.3) is 5.91 Å². The van der Waals surface area contributed by atoms with Gasteiger partial charge in [0.15, 0.2) is 0 Å². The minimum atomic E-state index is -3.60. The van der Waals surface area contributed by atoms with Crippen molar-refractivity contribution in [3.05, 3.63) is 70.9 Å². The topological polar surface area (TPSA) is 88.2 Å². The highest BCUT2D eigenvalue weighted by Crippen LogP contribution is 2.18. The zero-order valence-electron chi connectivity index (χ0n) is 16.1. The van der Waals surface area contributed by atoms with Crippen LogP contribution in [-0.4, -0.2) is 32.4 Å². The van der Waals surface area contributed by atoms with Gasteiger partial charge in [0, 0.05) is 18.5 Å². The van der Waals surface area contributed by atoms with Gasteiger partial charge < -0.3 is 5.32 Å². The lowest BCUT2D eigenvalue weighted by Crippen LogP contribution is -2.35. The standard InChI is InChI=1S/C21H23N3O3S/c1-14-4-7-18(8-5-14)28(26,27)23-11-10-22-21(25)19-13-17-12-15(2)6-9-20(17)24-16(19)3/h4-9,12-13,23H,10-11H2,1-3H3,(H,22,25). The molecule has 0 atom stereocenters. The lowest BCUT2D eigenvalue weighted by atomic mass is 10.1. The molecule has 6 nitrogen and oxygen atoms in total. The van der Waals surface area contributed by atoms with Crippen LogP contribution in [0, 0.1) is 20.8 Å². The number of aromatic nitrogens is 1. The van der Waals surface area contributed by atoms with Gasteiger partial charge in [-0.15, -0.1) is 0 Å². The van der Waals surface area contributed by atoms with E-state index in [2.05, 4.69) is 15.0 Å². The highest BCUT2D eigenvalue weighted by atomic mass is 32.2. The number of nitrogens with zero attached hydrogens (tertiary/aromatic N) is 1. The van der Waals surface area contributed by atoms with Crippen molar-refractivity contribution in [1.82, 2.24) is 15.0 Å². The molecule has 0 aliphatic carbocycles. The monoisotopic (exact) mass is 397 g/mol. The van der Waals surface area contributed by atoms with E-state index in [0.29, 0.717) is 11.3 Å². The van der Waals surface area contributed by atoms with E-state index in [4.69, 9.17) is 0 Å². The number of sulfonamides is 1. The maximum atomic E-state index is 12.5. The van der Waals surface area contributed by atoms with E-state index in [9.17, 15) is 13.2 Å². The van der Waals surface area contributed by atoms with Gasteiger partial charge in [-0.25, -0.2) is 13.1 Å². The molecule has 0 saturated heterocycles. The van der Waals surface area contributed by atoms with Crippen molar-refractivity contribution in [1.29, 1.82) is 0 Å². The van der Waals surface area contributed by atoms with Crippen LogP contribution >= 0.6 is 0 Å². The van der Waals surface area contributed by atoms with E-state index in [0.717, 1.165) is 22.0 Å². The number of fused-ring (bicyclic) bond motifs is 1. The highest BCUT2D eigenvalue weighted by Gasteiger charge is 2.14. The Kier molecular flexibility index (Phi) is 5.76. The molecule has 0 radical (unpaired) electrons. The summed E-state index contributed by atoms with van der Waals surface area (Å²) < 4.78 is 27.0. The number of amides is 1. The Morgan fingerprint density at radius 2 is 1.61 bits per heavy atom. The summed E-state index contributed by atoms with van der Waals surface area (Å²) in [6.45, 7) is 5.94. The van der Waals surface area contributed by atoms with Gasteiger partial charge in [-0.05, 0) is 51.1 Å². The molecule has 0 aliphatic heterocycles. The van der Waals surface area contributed by atoms with Crippen molar-refractivity contribution < 1.29 is 13.2 Å². The molecule has 0 aliphatic rings. The summed E-state index contributed by atoms with van der Waals surface area (Å²) in [5.41, 5.74) is 4.04. The van der Waals surface area contributed by atoms with Gasteiger partial charge >= 0.3 is 0 Å². The van der Waals surface area contributed by atoms with Crippen LogP contribution in [0.3, 0.4) is 0 Å². The average molecular weight is 398 g/mol. The van der Waals surface area contributed by atoms with E-state index in [1.165, 1.54) is 0 Å². The van der Waals surface area contributed by atoms with Crippen LogP contribution in [0.15, 0.2) is 53.4 Å². The molecule has 2 aromatic carbocycles. The zero-order chi connectivity index (χ0) is 20.3. The zero-order valence-corrected chi connectivity index (χ0v) is 16.9. The van der Waals surface area contributed by atoms with E-state index < -0.39 is 10.0 Å². The molecule has 0 spiro atoms. The number of pyridine rings is 1. The largest absolute Gasteiger partial charge is 0.351 e. The van der Waals surface area contributed by atoms with Gasteiger partial charge in [0.05, 0.1) is 21.7 Å². The number of rotatable bonds is 6. The van der Waals surface area contributed by atoms with Gasteiger partial charge in [-0.2, -0.15) is 0 Å². The van der Waals surface area contributed by atoms with E-state index >= 15 is 0 Å². The second-order valence-electron chi connectivity index (χ2n) is 6.78. The molecule has 146 valence electrons. The second kappa shape index (κ2) is 8.08. The number of hydrogen-bond donors (Lipinski definition) is 2. The normalized spacial score (nSPS) is 11.5. The summed E-state index contributed by atoms with van der Waals surface area (Å²) in [5, 5.41) is 3.65. The summed E-state index contributed by atoms with van der Waals surface area (Å²) in [7, 11) is -3.60. The van der Waals surface area contributed by atoms with Crippen molar-refractivity contribution in [2.24, 2.45) is 0 Å². The van der Waals surface area contributed by atoms with Gasteiger partial charge in [-0.3, -0.25) is 9.78 Å². The Morgan fingerprint density at radius 3 is 2.32 bits per heavy atom. The lowest BCUT2D eigenvalue weighted by Gasteiger charge is -2.10. The maximum absolute atomic E-state index is 12.5. The van der Waals surface area contributed by atoms with Crippen LogP contribution in [-0.2, 0) is 10.0 Å². The first-order chi connectivity index (χ1) is 13.3. The number of nitrogens with one attached hydrogen (secondary N) is 2. The Bertz CT molecular complexity index is 1120. The van der Waals surface area contributed by atoms with Crippen molar-refractivity contribution in [2.45, 2.75) is 25.7 Å². The van der Waals surface area contributed by atoms with Crippen LogP contribution in [0.4, 0.5) is 0 Å². The van der Waals surface area contributed by atoms with Crippen LogP contribution in [0.5, 0.6) is 0 Å². The molecule has 0 saturated carbocycles. The number of carbonyl (C=O) groups excluding carboxylic acids is 1. The molecule has 0 fully saturated rings. The van der Waals surface area contributed by atoms with E-state index in [1.54, 1.807) is 31.2 Å². The molecular weight excluding hydrogens is 374 g/mol. The van der Waals surface area contributed by atoms with E-state index in [1.807, 2.05) is 38.1 Å². The average Bonchev–Trinajstić information content (AvgIpc) is 2.65. The fourth-order valence-electron chi connectivity index (χ4n) is 2.88. The molecule has 3 rings (SSSR count). The number of aryl methyl sites for hydroxylation is 3. The predicted molar refractivity (Wildman–Crippen MR) is 110 cm³/mol. The molecule has 2 N–H and O–H groups in total. The first kappa shape index (κ1) is 20.0. The Morgan fingerprint density at radius 1 is 0.929 bits per heavy atom. The third-order valence-corrected chi connectivity index (χ3v) is 5.92. The molecule has 1 heterocycles. The second-order valence-corrected chi connectivity index (χ2v) is 8.55. The Balaban J connectivity index is 1.62. The Hall–Kier alpha value is -2.77.